The van der Waals surface area contributed by atoms with Crippen LogP contribution in [0.15, 0.2) is 148 Å². The van der Waals surface area contributed by atoms with Crippen LogP contribution in [0, 0.1) is 0 Å². The van der Waals surface area contributed by atoms with Gasteiger partial charge in [-0.05, 0) is 57.6 Å². The Balaban J connectivity index is 1.16. The minimum Gasteiger partial charge on any atom is -0.492 e. The van der Waals surface area contributed by atoms with Gasteiger partial charge in [0.05, 0.1) is 0 Å². The van der Waals surface area contributed by atoms with Crippen molar-refractivity contribution >= 4 is 47.0 Å². The highest BCUT2D eigenvalue weighted by Crippen LogP contribution is 2.44. The van der Waals surface area contributed by atoms with E-state index in [1.165, 1.54) is 33.4 Å². The molecule has 0 saturated carbocycles. The molecule has 0 radical (unpaired) electrons. The van der Waals surface area contributed by atoms with Gasteiger partial charge in [-0.2, -0.15) is 47.0 Å². The number of hydrogen-bond donors (Lipinski definition) is 0. The van der Waals surface area contributed by atoms with Gasteiger partial charge in [0.25, 0.3) is 0 Å². The monoisotopic (exact) mass is 978 g/mol. The van der Waals surface area contributed by atoms with E-state index in [-0.39, 0.29) is 35.5 Å². The molecule has 4 aliphatic heterocycles. The van der Waals surface area contributed by atoms with E-state index in [4.69, 9.17) is 18.9 Å². The van der Waals surface area contributed by atoms with Crippen LogP contribution in [0.5, 0.6) is 23.0 Å². The molecule has 354 valence electrons. The van der Waals surface area contributed by atoms with Gasteiger partial charge in [-0.15, -0.1) is 26.3 Å². The number of thioether (sulfide) groups is 4. The van der Waals surface area contributed by atoms with Gasteiger partial charge in [-0.3, -0.25) is 0 Å². The first kappa shape index (κ1) is 48.7. The molecule has 5 aromatic rings. The fourth-order valence-electron chi connectivity index (χ4n) is 8.87. The number of ether oxygens (including phenoxy) is 4. The summed E-state index contributed by atoms with van der Waals surface area (Å²) < 4.78 is 26.0. The minimum absolute atomic E-state index is 0.0719. The molecular formula is C60H66O4S4. The Labute approximate surface area is 423 Å². The largest absolute Gasteiger partial charge is 0.492 e. The van der Waals surface area contributed by atoms with Crippen LogP contribution in [0.2, 0.25) is 0 Å². The maximum atomic E-state index is 6.49. The lowest BCUT2D eigenvalue weighted by atomic mass is 9.79. The van der Waals surface area contributed by atoms with Crippen molar-refractivity contribution in [1.82, 2.24) is 0 Å². The number of rotatable bonds is 26. The lowest BCUT2D eigenvalue weighted by molar-refractivity contribution is 0.325. The minimum atomic E-state index is -0.0719. The second-order valence-corrected chi connectivity index (χ2v) is 24.2. The zero-order valence-corrected chi connectivity index (χ0v) is 43.3. The molecule has 0 amide bonds. The summed E-state index contributed by atoms with van der Waals surface area (Å²) >= 11 is 7.83. The first-order valence-electron chi connectivity index (χ1n) is 24.3. The summed E-state index contributed by atoms with van der Waals surface area (Å²) in [4.78, 5) is 0. The van der Waals surface area contributed by atoms with Crippen LogP contribution in [0.25, 0.3) is 0 Å². The molecule has 4 nitrogen and oxygen atoms in total. The SMILES string of the molecule is C=CC(C)c1cc(C(c2ccc(C(c3ccc(OCC4CS4)c(C(C)C=C)c3)c3ccc(OCC4CS4)c(C(C)C=C)c3)cc2)c2ccc(OCC3CS3)c(C(C)C=C)c2)ccc1OCC1CS1. The Bertz CT molecular complexity index is 2260. The van der Waals surface area contributed by atoms with Crippen molar-refractivity contribution in [3.63, 3.8) is 0 Å². The van der Waals surface area contributed by atoms with Crippen LogP contribution in [-0.2, 0) is 0 Å². The van der Waals surface area contributed by atoms with Crippen molar-refractivity contribution in [2.45, 2.75) is 84.2 Å². The third kappa shape index (κ3) is 12.0. The summed E-state index contributed by atoms with van der Waals surface area (Å²) in [6, 6.07) is 36.6. The third-order valence-corrected chi connectivity index (χ3v) is 17.5. The summed E-state index contributed by atoms with van der Waals surface area (Å²) in [5.41, 5.74) is 11.9. The van der Waals surface area contributed by atoms with Gasteiger partial charge in [-0.25, -0.2) is 0 Å². The number of benzene rings is 5. The Hall–Kier alpha value is -4.34. The quantitative estimate of drug-likeness (QED) is 0.0308. The summed E-state index contributed by atoms with van der Waals surface area (Å²) in [5, 5.41) is 2.30. The molecule has 4 aliphatic rings. The summed E-state index contributed by atoms with van der Waals surface area (Å²) in [5.74, 6) is 8.73. The lowest BCUT2D eigenvalue weighted by Gasteiger charge is -2.26. The van der Waals surface area contributed by atoms with Crippen molar-refractivity contribution in [1.29, 1.82) is 0 Å². The van der Waals surface area contributed by atoms with Crippen molar-refractivity contribution in [2.24, 2.45) is 0 Å². The molecule has 68 heavy (non-hydrogen) atoms. The lowest BCUT2D eigenvalue weighted by Crippen LogP contribution is -2.11. The molecule has 4 heterocycles. The highest BCUT2D eigenvalue weighted by molar-refractivity contribution is 8.07. The molecule has 0 spiro atoms. The number of hydrogen-bond acceptors (Lipinski definition) is 8. The molecule has 4 fully saturated rings. The molecule has 0 aromatic heterocycles. The van der Waals surface area contributed by atoms with Gasteiger partial charge in [0.1, 0.15) is 49.4 Å². The highest BCUT2D eigenvalue weighted by atomic mass is 32.2. The molecule has 5 aromatic carbocycles. The Morgan fingerprint density at radius 3 is 0.779 bits per heavy atom. The zero-order valence-electron chi connectivity index (χ0n) is 40.1. The van der Waals surface area contributed by atoms with E-state index in [9.17, 15) is 0 Å². The van der Waals surface area contributed by atoms with Gasteiger partial charge < -0.3 is 18.9 Å². The topological polar surface area (TPSA) is 36.9 Å². The van der Waals surface area contributed by atoms with Crippen molar-refractivity contribution in [3.8, 4) is 23.0 Å². The van der Waals surface area contributed by atoms with Crippen molar-refractivity contribution in [3.05, 3.63) is 203 Å². The van der Waals surface area contributed by atoms with Crippen LogP contribution in [-0.4, -0.2) is 70.4 Å². The van der Waals surface area contributed by atoms with E-state index >= 15 is 0 Å². The van der Waals surface area contributed by atoms with E-state index in [0.717, 1.165) is 94.7 Å². The second-order valence-electron chi connectivity index (χ2n) is 18.9. The van der Waals surface area contributed by atoms with Crippen LogP contribution < -0.4 is 18.9 Å². The van der Waals surface area contributed by atoms with Gasteiger partial charge in [0.15, 0.2) is 0 Å². The highest BCUT2D eigenvalue weighted by Gasteiger charge is 2.30. The van der Waals surface area contributed by atoms with Crippen LogP contribution in [0.4, 0.5) is 0 Å². The first-order chi connectivity index (χ1) is 33.1. The van der Waals surface area contributed by atoms with Crippen LogP contribution in [0.3, 0.4) is 0 Å². The van der Waals surface area contributed by atoms with Gasteiger partial charge in [0.2, 0.25) is 0 Å². The molecule has 8 atom stereocenters. The fourth-order valence-corrected chi connectivity index (χ4v) is 10.5. The van der Waals surface area contributed by atoms with E-state index < -0.39 is 0 Å². The van der Waals surface area contributed by atoms with Crippen LogP contribution in [0.1, 0.15) is 119 Å². The molecule has 4 saturated heterocycles. The molecular weight excluding hydrogens is 913 g/mol. The maximum absolute atomic E-state index is 6.49. The van der Waals surface area contributed by atoms with Gasteiger partial charge >= 0.3 is 0 Å². The molecule has 0 bridgehead atoms. The summed E-state index contributed by atoms with van der Waals surface area (Å²) in [7, 11) is 0. The summed E-state index contributed by atoms with van der Waals surface area (Å²) in [6.07, 6.45) is 8.09. The second kappa shape index (κ2) is 22.2. The van der Waals surface area contributed by atoms with E-state index in [2.05, 4.69) is 151 Å². The molecule has 0 aliphatic carbocycles. The standard InChI is InChI=1S/C60H66O4S4/c1-9-37(5)51-25-43(17-21-55(51)61-29-47-33-65-47)59(44-18-22-56(62-30-48-34-66-48)52(26-44)38(6)10-2)41-13-15-42(16-14-41)60(45-19-23-57(63-31-49-35-67-49)53(27-45)39(7)11-3)46-20-24-58(64-32-50-36-68-50)54(28-46)40(8)12-4/h9-28,37-40,47-50,59-60H,1-4,29-36H2,5-8H3. The Morgan fingerprint density at radius 1 is 0.382 bits per heavy atom. The van der Waals surface area contributed by atoms with E-state index in [1.54, 1.807) is 0 Å². The van der Waals surface area contributed by atoms with E-state index in [0.29, 0.717) is 21.0 Å². The van der Waals surface area contributed by atoms with Crippen molar-refractivity contribution < 1.29 is 18.9 Å². The average Bonchev–Trinajstić information content (AvgIpc) is 4.14. The average molecular weight is 979 g/mol. The maximum Gasteiger partial charge on any atom is 0.123 e. The number of allylic oxidation sites excluding steroid dienone is 4. The molecule has 8 heteroatoms. The summed E-state index contributed by atoms with van der Waals surface area (Å²) in [6.45, 7) is 28.6. The molecule has 9 rings (SSSR count). The fraction of sp³-hybridized carbons (Fsp3) is 0.367. The smallest absolute Gasteiger partial charge is 0.123 e. The normalized spacial score (nSPS) is 21.5. The Kier molecular flexibility index (Phi) is 15.9. The Morgan fingerprint density at radius 2 is 0.588 bits per heavy atom. The third-order valence-electron chi connectivity index (χ3n) is 13.8. The van der Waals surface area contributed by atoms with Crippen LogP contribution >= 0.6 is 47.0 Å². The van der Waals surface area contributed by atoms with Crippen molar-refractivity contribution in [2.75, 3.05) is 49.4 Å². The van der Waals surface area contributed by atoms with Gasteiger partial charge in [-0.1, -0.05) is 125 Å². The molecule has 8 unspecified atom stereocenters. The predicted molar refractivity (Wildman–Crippen MR) is 296 cm³/mol. The predicted octanol–water partition coefficient (Wildman–Crippen LogP) is 15.2. The van der Waals surface area contributed by atoms with E-state index in [1.807, 2.05) is 71.4 Å². The first-order valence-corrected chi connectivity index (χ1v) is 28.5. The zero-order chi connectivity index (χ0) is 47.3. The molecule has 0 N–H and O–H groups in total. The van der Waals surface area contributed by atoms with Gasteiger partial charge in [0, 0.05) is 102 Å².